The number of nitrogens with two attached hydrogens (primary N) is 1. The number of hydrogen-bond donors (Lipinski definition) is 2. The summed E-state index contributed by atoms with van der Waals surface area (Å²) in [6.07, 6.45) is 4.36. The van der Waals surface area contributed by atoms with Crippen molar-refractivity contribution < 1.29 is 8.78 Å². The van der Waals surface area contributed by atoms with Crippen LogP contribution in [0.25, 0.3) is 0 Å². The molecule has 4 heteroatoms. The first kappa shape index (κ1) is 12.9. The molecule has 2 nitrogen and oxygen atoms in total. The van der Waals surface area contributed by atoms with Crippen LogP contribution in [0.15, 0.2) is 30.3 Å². The van der Waals surface area contributed by atoms with Crippen molar-refractivity contribution in [3.63, 3.8) is 0 Å². The zero-order valence-corrected chi connectivity index (χ0v) is 11.0. The van der Waals surface area contributed by atoms with Gasteiger partial charge in [-0.1, -0.05) is 12.1 Å². The first-order valence-corrected chi connectivity index (χ1v) is 6.77. The Morgan fingerprint density at radius 2 is 1.80 bits per heavy atom. The molecule has 0 spiro atoms. The van der Waals surface area contributed by atoms with Crippen LogP contribution in [0, 0.1) is 11.6 Å². The van der Waals surface area contributed by atoms with Crippen LogP contribution in [0.3, 0.4) is 0 Å². The highest BCUT2D eigenvalue weighted by Gasteiger charge is 2.15. The second kappa shape index (κ2) is 5.12. The van der Waals surface area contributed by atoms with Gasteiger partial charge >= 0.3 is 0 Å². The molecular weight excluding hydrogens is 258 g/mol. The number of nitrogens with one attached hydrogen (secondary N) is 1. The number of fused-ring (bicyclic) bond motifs is 1. The lowest BCUT2D eigenvalue weighted by atomic mass is 9.90. The van der Waals surface area contributed by atoms with Gasteiger partial charge in [0, 0.05) is 11.8 Å². The van der Waals surface area contributed by atoms with Gasteiger partial charge < -0.3 is 11.1 Å². The average Bonchev–Trinajstić information content (AvgIpc) is 2.44. The molecule has 0 aromatic heterocycles. The third-order valence-corrected chi connectivity index (χ3v) is 3.76. The van der Waals surface area contributed by atoms with Crippen molar-refractivity contribution in [3.05, 3.63) is 53.1 Å². The van der Waals surface area contributed by atoms with E-state index in [1.807, 2.05) is 12.1 Å². The topological polar surface area (TPSA) is 38.0 Å². The molecule has 0 radical (unpaired) electrons. The van der Waals surface area contributed by atoms with Gasteiger partial charge in [0.05, 0.1) is 11.4 Å². The van der Waals surface area contributed by atoms with Gasteiger partial charge in [0.1, 0.15) is 5.82 Å². The van der Waals surface area contributed by atoms with Crippen molar-refractivity contribution >= 4 is 17.1 Å². The minimum absolute atomic E-state index is 0.0557. The van der Waals surface area contributed by atoms with Crippen LogP contribution in [0.1, 0.15) is 24.0 Å². The molecule has 20 heavy (non-hydrogen) atoms. The van der Waals surface area contributed by atoms with Gasteiger partial charge in [-0.2, -0.15) is 0 Å². The van der Waals surface area contributed by atoms with E-state index in [2.05, 4.69) is 11.4 Å². The molecule has 0 atom stereocenters. The maximum atomic E-state index is 13.5. The number of nitrogen functional groups attached to an aromatic ring is 1. The summed E-state index contributed by atoms with van der Waals surface area (Å²) < 4.78 is 26.8. The molecule has 1 aliphatic carbocycles. The second-order valence-corrected chi connectivity index (χ2v) is 5.12. The number of rotatable bonds is 2. The van der Waals surface area contributed by atoms with E-state index in [4.69, 9.17) is 5.73 Å². The molecule has 0 heterocycles. The van der Waals surface area contributed by atoms with E-state index in [9.17, 15) is 8.78 Å². The smallest absolute Gasteiger partial charge is 0.151 e. The Kier molecular flexibility index (Phi) is 3.30. The second-order valence-electron chi connectivity index (χ2n) is 5.12. The molecule has 0 aliphatic heterocycles. The number of halogens is 2. The molecular formula is C16H16F2N2. The lowest BCUT2D eigenvalue weighted by Crippen LogP contribution is -2.07. The van der Waals surface area contributed by atoms with E-state index in [0.29, 0.717) is 0 Å². The number of benzene rings is 2. The molecule has 2 aromatic rings. The van der Waals surface area contributed by atoms with Crippen LogP contribution in [0.5, 0.6) is 0 Å². The molecule has 0 amide bonds. The third kappa shape index (κ3) is 2.33. The van der Waals surface area contributed by atoms with Crippen LogP contribution in [-0.4, -0.2) is 0 Å². The van der Waals surface area contributed by atoms with Crippen LogP contribution in [0.4, 0.5) is 25.8 Å². The molecule has 3 N–H and O–H groups in total. The molecule has 0 unspecified atom stereocenters. The molecule has 0 saturated heterocycles. The van der Waals surface area contributed by atoms with Crippen molar-refractivity contribution in [2.45, 2.75) is 25.7 Å². The maximum absolute atomic E-state index is 13.5. The number of hydrogen-bond acceptors (Lipinski definition) is 2. The average molecular weight is 274 g/mol. The summed E-state index contributed by atoms with van der Waals surface area (Å²) in [6, 6.07) is 8.00. The summed E-state index contributed by atoms with van der Waals surface area (Å²) in [6.45, 7) is 0. The minimum Gasteiger partial charge on any atom is -0.395 e. The van der Waals surface area contributed by atoms with Gasteiger partial charge in [0.2, 0.25) is 0 Å². The SMILES string of the molecule is Nc1c(F)cc(F)cc1Nc1cccc2c1CCCC2. The zero-order chi connectivity index (χ0) is 14.1. The highest BCUT2D eigenvalue weighted by Crippen LogP contribution is 2.32. The summed E-state index contributed by atoms with van der Waals surface area (Å²) in [5, 5.41) is 3.08. The fourth-order valence-electron chi connectivity index (χ4n) is 2.73. The van der Waals surface area contributed by atoms with Crippen molar-refractivity contribution in [1.82, 2.24) is 0 Å². The van der Waals surface area contributed by atoms with Crippen LogP contribution < -0.4 is 11.1 Å². The molecule has 2 aromatic carbocycles. The van der Waals surface area contributed by atoms with Crippen LogP contribution >= 0.6 is 0 Å². The standard InChI is InChI=1S/C16H16F2N2/c17-11-8-13(18)16(19)15(9-11)20-14-7-3-5-10-4-1-2-6-12(10)14/h3,5,7-9,20H,1-2,4,6,19H2. The van der Waals surface area contributed by atoms with Gasteiger partial charge in [0.15, 0.2) is 5.82 Å². The normalized spacial score (nSPS) is 13.9. The maximum Gasteiger partial charge on any atom is 0.151 e. The van der Waals surface area contributed by atoms with Crippen LogP contribution in [0.2, 0.25) is 0 Å². The summed E-state index contributed by atoms with van der Waals surface area (Å²) in [5.41, 5.74) is 9.31. The first-order chi connectivity index (χ1) is 9.65. The van der Waals surface area contributed by atoms with Crippen LogP contribution in [-0.2, 0) is 12.8 Å². The minimum atomic E-state index is -0.739. The zero-order valence-electron chi connectivity index (χ0n) is 11.0. The monoisotopic (exact) mass is 274 g/mol. The summed E-state index contributed by atoms with van der Waals surface area (Å²) >= 11 is 0. The quantitative estimate of drug-likeness (QED) is 0.807. The number of anilines is 3. The van der Waals surface area contributed by atoms with E-state index in [0.717, 1.165) is 31.0 Å². The molecule has 0 bridgehead atoms. The summed E-state index contributed by atoms with van der Waals surface area (Å²) in [4.78, 5) is 0. The summed E-state index contributed by atoms with van der Waals surface area (Å²) in [5.74, 6) is -1.37. The Hall–Kier alpha value is -2.10. The number of aryl methyl sites for hydroxylation is 1. The largest absolute Gasteiger partial charge is 0.395 e. The third-order valence-electron chi connectivity index (χ3n) is 3.76. The van der Waals surface area contributed by atoms with E-state index in [1.165, 1.54) is 23.6 Å². The van der Waals surface area contributed by atoms with Gasteiger partial charge in [0.25, 0.3) is 0 Å². The van der Waals surface area contributed by atoms with Gasteiger partial charge in [-0.05, 0) is 48.9 Å². The fraction of sp³-hybridized carbons (Fsp3) is 0.250. The van der Waals surface area contributed by atoms with Crippen molar-refractivity contribution in [2.75, 3.05) is 11.1 Å². The van der Waals surface area contributed by atoms with Gasteiger partial charge in [-0.3, -0.25) is 0 Å². The predicted octanol–water partition coefficient (Wildman–Crippen LogP) is 4.17. The Bertz CT molecular complexity index is 653. The van der Waals surface area contributed by atoms with Gasteiger partial charge in [-0.15, -0.1) is 0 Å². The molecule has 0 fully saturated rings. The highest BCUT2D eigenvalue weighted by molar-refractivity contribution is 5.75. The van der Waals surface area contributed by atoms with Crippen molar-refractivity contribution in [1.29, 1.82) is 0 Å². The van der Waals surface area contributed by atoms with E-state index in [1.54, 1.807) is 0 Å². The summed E-state index contributed by atoms with van der Waals surface area (Å²) in [7, 11) is 0. The Labute approximate surface area is 116 Å². The Balaban J connectivity index is 2.00. The van der Waals surface area contributed by atoms with Crippen molar-refractivity contribution in [3.8, 4) is 0 Å². The van der Waals surface area contributed by atoms with E-state index in [-0.39, 0.29) is 11.4 Å². The fourth-order valence-corrected chi connectivity index (χ4v) is 2.73. The lowest BCUT2D eigenvalue weighted by Gasteiger charge is -2.20. The lowest BCUT2D eigenvalue weighted by molar-refractivity contribution is 0.587. The molecule has 0 saturated carbocycles. The predicted molar refractivity (Wildman–Crippen MR) is 77.1 cm³/mol. The van der Waals surface area contributed by atoms with Crippen molar-refractivity contribution in [2.24, 2.45) is 0 Å². The van der Waals surface area contributed by atoms with E-state index >= 15 is 0 Å². The van der Waals surface area contributed by atoms with Gasteiger partial charge in [-0.25, -0.2) is 8.78 Å². The molecule has 3 rings (SSSR count). The first-order valence-electron chi connectivity index (χ1n) is 6.77. The Morgan fingerprint density at radius 1 is 1.00 bits per heavy atom. The molecule has 104 valence electrons. The van der Waals surface area contributed by atoms with E-state index < -0.39 is 11.6 Å². The molecule has 1 aliphatic rings. The highest BCUT2D eigenvalue weighted by atomic mass is 19.1. The Morgan fingerprint density at radius 3 is 2.65 bits per heavy atom.